The van der Waals surface area contributed by atoms with Crippen LogP contribution in [0, 0.1) is 0 Å². The maximum absolute atomic E-state index is 5.61. The van der Waals surface area contributed by atoms with Gasteiger partial charge in [-0.05, 0) is 33.2 Å². The fourth-order valence-corrected chi connectivity index (χ4v) is 2.09. The Balaban J connectivity index is 2.29. The Labute approximate surface area is 88.0 Å². The third-order valence-electron chi connectivity index (χ3n) is 3.01. The van der Waals surface area contributed by atoms with E-state index >= 15 is 0 Å². The van der Waals surface area contributed by atoms with Gasteiger partial charge in [0, 0.05) is 31.7 Å². The van der Waals surface area contributed by atoms with E-state index in [1.165, 1.54) is 25.8 Å². The van der Waals surface area contributed by atoms with Gasteiger partial charge in [0.05, 0.1) is 0 Å². The third-order valence-corrected chi connectivity index (χ3v) is 3.01. The van der Waals surface area contributed by atoms with Crippen LogP contribution < -0.4 is 11.1 Å². The Kier molecular flexibility index (Phi) is 5.45. The summed E-state index contributed by atoms with van der Waals surface area (Å²) >= 11 is 0. The smallest absolute Gasteiger partial charge is 0.0195 e. The molecule has 0 saturated carbocycles. The molecule has 0 aromatic rings. The monoisotopic (exact) mass is 199 g/mol. The Morgan fingerprint density at radius 1 is 1.43 bits per heavy atom. The zero-order valence-electron chi connectivity index (χ0n) is 9.63. The molecule has 0 aromatic carbocycles. The van der Waals surface area contributed by atoms with Crippen LogP contribution in [-0.2, 0) is 0 Å². The van der Waals surface area contributed by atoms with E-state index in [4.69, 9.17) is 5.73 Å². The lowest BCUT2D eigenvalue weighted by Gasteiger charge is -2.32. The van der Waals surface area contributed by atoms with E-state index in [1.807, 2.05) is 0 Å². The van der Waals surface area contributed by atoms with Gasteiger partial charge in [-0.1, -0.05) is 6.42 Å². The molecule has 14 heavy (non-hydrogen) atoms. The molecule has 1 unspecified atom stereocenters. The summed E-state index contributed by atoms with van der Waals surface area (Å²) in [6.07, 6.45) is 4.05. The van der Waals surface area contributed by atoms with Crippen molar-refractivity contribution in [1.82, 2.24) is 10.2 Å². The largest absolute Gasteiger partial charge is 0.329 e. The maximum atomic E-state index is 5.61. The summed E-state index contributed by atoms with van der Waals surface area (Å²) in [7, 11) is 0. The van der Waals surface area contributed by atoms with E-state index in [9.17, 15) is 0 Å². The van der Waals surface area contributed by atoms with Crippen molar-refractivity contribution in [2.45, 2.75) is 45.2 Å². The minimum atomic E-state index is 0.613. The Morgan fingerprint density at radius 2 is 2.21 bits per heavy atom. The van der Waals surface area contributed by atoms with Crippen molar-refractivity contribution in [2.24, 2.45) is 5.73 Å². The highest BCUT2D eigenvalue weighted by molar-refractivity contribution is 4.77. The van der Waals surface area contributed by atoms with Crippen LogP contribution in [0.5, 0.6) is 0 Å². The molecule has 0 aliphatic carbocycles. The Hall–Kier alpha value is -0.120. The van der Waals surface area contributed by atoms with Crippen molar-refractivity contribution >= 4 is 0 Å². The van der Waals surface area contributed by atoms with Crippen molar-refractivity contribution < 1.29 is 0 Å². The molecule has 1 aliphatic heterocycles. The third kappa shape index (κ3) is 3.95. The van der Waals surface area contributed by atoms with Gasteiger partial charge in [-0.3, -0.25) is 4.90 Å². The molecule has 1 fully saturated rings. The first-order chi connectivity index (χ1) is 6.74. The first kappa shape index (κ1) is 12.0. The van der Waals surface area contributed by atoms with E-state index in [2.05, 4.69) is 24.1 Å². The van der Waals surface area contributed by atoms with Crippen LogP contribution in [0.15, 0.2) is 0 Å². The molecule has 0 amide bonds. The second kappa shape index (κ2) is 6.38. The molecule has 1 atom stereocenters. The van der Waals surface area contributed by atoms with E-state index in [0.717, 1.165) is 19.6 Å². The van der Waals surface area contributed by atoms with Crippen molar-refractivity contribution in [2.75, 3.05) is 26.2 Å². The standard InChI is InChI=1S/C11H25N3/c1-10(2)14(8-6-12)9-11-5-3-4-7-13-11/h10-11,13H,3-9,12H2,1-2H3. The molecule has 3 nitrogen and oxygen atoms in total. The fraction of sp³-hybridized carbons (Fsp3) is 1.00. The lowest BCUT2D eigenvalue weighted by molar-refractivity contribution is 0.190. The molecule has 1 saturated heterocycles. The summed E-state index contributed by atoms with van der Waals surface area (Å²) < 4.78 is 0. The molecule has 0 spiro atoms. The summed E-state index contributed by atoms with van der Waals surface area (Å²) in [6.45, 7) is 8.64. The van der Waals surface area contributed by atoms with Gasteiger partial charge >= 0.3 is 0 Å². The molecule has 0 bridgehead atoms. The van der Waals surface area contributed by atoms with Gasteiger partial charge in [-0.2, -0.15) is 0 Å². The van der Waals surface area contributed by atoms with Crippen LogP contribution in [0.25, 0.3) is 0 Å². The lowest BCUT2D eigenvalue weighted by atomic mass is 10.0. The second-order valence-electron chi connectivity index (χ2n) is 4.52. The van der Waals surface area contributed by atoms with Crippen LogP contribution in [-0.4, -0.2) is 43.2 Å². The molecular formula is C11H25N3. The van der Waals surface area contributed by atoms with Gasteiger partial charge < -0.3 is 11.1 Å². The summed E-state index contributed by atoms with van der Waals surface area (Å²) in [6, 6.07) is 1.31. The SMILES string of the molecule is CC(C)N(CCN)CC1CCCCN1. The van der Waals surface area contributed by atoms with Crippen LogP contribution in [0.1, 0.15) is 33.1 Å². The van der Waals surface area contributed by atoms with E-state index < -0.39 is 0 Å². The van der Waals surface area contributed by atoms with Gasteiger partial charge in [0.2, 0.25) is 0 Å². The molecule has 1 rings (SSSR count). The summed E-state index contributed by atoms with van der Waals surface area (Å²) in [5.41, 5.74) is 5.61. The number of rotatable bonds is 5. The molecule has 84 valence electrons. The minimum absolute atomic E-state index is 0.613. The average Bonchev–Trinajstić information content (AvgIpc) is 2.18. The number of nitrogens with one attached hydrogen (secondary N) is 1. The zero-order valence-corrected chi connectivity index (χ0v) is 9.63. The van der Waals surface area contributed by atoms with Gasteiger partial charge in [0.1, 0.15) is 0 Å². The van der Waals surface area contributed by atoms with E-state index in [0.29, 0.717) is 12.1 Å². The van der Waals surface area contributed by atoms with E-state index in [-0.39, 0.29) is 0 Å². The second-order valence-corrected chi connectivity index (χ2v) is 4.52. The molecule has 1 heterocycles. The van der Waals surface area contributed by atoms with E-state index in [1.54, 1.807) is 0 Å². The van der Waals surface area contributed by atoms with Crippen molar-refractivity contribution in [3.8, 4) is 0 Å². The highest BCUT2D eigenvalue weighted by Gasteiger charge is 2.17. The van der Waals surface area contributed by atoms with Crippen LogP contribution >= 0.6 is 0 Å². The molecule has 3 N–H and O–H groups in total. The van der Waals surface area contributed by atoms with Crippen LogP contribution in [0.4, 0.5) is 0 Å². The normalized spacial score (nSPS) is 23.4. The summed E-state index contributed by atoms with van der Waals surface area (Å²) in [5.74, 6) is 0. The number of nitrogens with zero attached hydrogens (tertiary/aromatic N) is 1. The predicted molar refractivity (Wildman–Crippen MR) is 61.4 cm³/mol. The number of nitrogens with two attached hydrogens (primary N) is 1. The van der Waals surface area contributed by atoms with Crippen LogP contribution in [0.3, 0.4) is 0 Å². The fourth-order valence-electron chi connectivity index (χ4n) is 2.09. The number of hydrogen-bond acceptors (Lipinski definition) is 3. The van der Waals surface area contributed by atoms with Crippen LogP contribution in [0.2, 0.25) is 0 Å². The quantitative estimate of drug-likeness (QED) is 0.688. The van der Waals surface area contributed by atoms with Gasteiger partial charge in [-0.15, -0.1) is 0 Å². The van der Waals surface area contributed by atoms with Gasteiger partial charge in [0.15, 0.2) is 0 Å². The van der Waals surface area contributed by atoms with Gasteiger partial charge in [0.25, 0.3) is 0 Å². The molecule has 1 aliphatic rings. The highest BCUT2D eigenvalue weighted by Crippen LogP contribution is 2.09. The Bertz CT molecular complexity index is 141. The first-order valence-electron chi connectivity index (χ1n) is 5.91. The molecule has 3 heteroatoms. The first-order valence-corrected chi connectivity index (χ1v) is 5.91. The Morgan fingerprint density at radius 3 is 2.71 bits per heavy atom. The molecule has 0 aromatic heterocycles. The lowest BCUT2D eigenvalue weighted by Crippen LogP contribution is -2.47. The molecule has 0 radical (unpaired) electrons. The van der Waals surface area contributed by atoms with Crippen molar-refractivity contribution in [1.29, 1.82) is 0 Å². The van der Waals surface area contributed by atoms with Gasteiger partial charge in [-0.25, -0.2) is 0 Å². The summed E-state index contributed by atoms with van der Waals surface area (Å²) in [4.78, 5) is 2.48. The van der Waals surface area contributed by atoms with Crippen molar-refractivity contribution in [3.05, 3.63) is 0 Å². The summed E-state index contributed by atoms with van der Waals surface area (Å²) in [5, 5.41) is 3.58. The molecular weight excluding hydrogens is 174 g/mol. The number of hydrogen-bond donors (Lipinski definition) is 2. The topological polar surface area (TPSA) is 41.3 Å². The predicted octanol–water partition coefficient (Wildman–Crippen LogP) is 0.798. The number of piperidine rings is 1. The average molecular weight is 199 g/mol. The highest BCUT2D eigenvalue weighted by atomic mass is 15.2. The van der Waals surface area contributed by atoms with Crippen molar-refractivity contribution in [3.63, 3.8) is 0 Å². The zero-order chi connectivity index (χ0) is 10.4. The minimum Gasteiger partial charge on any atom is -0.329 e. The maximum Gasteiger partial charge on any atom is 0.0195 e.